The van der Waals surface area contributed by atoms with E-state index in [4.69, 9.17) is 9.97 Å². The van der Waals surface area contributed by atoms with Crippen molar-refractivity contribution in [1.82, 2.24) is 29.4 Å². The van der Waals surface area contributed by atoms with Crippen LogP contribution in [0, 0.1) is 11.8 Å². The third-order valence-corrected chi connectivity index (χ3v) is 18.6. The van der Waals surface area contributed by atoms with Gasteiger partial charge in [0.15, 0.2) is 10.1 Å². The molecular formula is C62H74N10O10S2. The van der Waals surface area contributed by atoms with Crippen LogP contribution in [-0.4, -0.2) is 94.9 Å². The molecule has 0 aliphatic carbocycles. The van der Waals surface area contributed by atoms with Crippen molar-refractivity contribution in [2.45, 2.75) is 152 Å². The van der Waals surface area contributed by atoms with E-state index >= 15 is 0 Å². The van der Waals surface area contributed by atoms with Gasteiger partial charge in [-0.2, -0.15) is 16.8 Å². The van der Waals surface area contributed by atoms with Gasteiger partial charge >= 0.3 is 11.9 Å². The monoisotopic (exact) mass is 1180 g/mol. The van der Waals surface area contributed by atoms with Crippen molar-refractivity contribution in [2.24, 2.45) is 11.8 Å². The molecule has 4 aromatic heterocycles. The van der Waals surface area contributed by atoms with Crippen molar-refractivity contribution in [3.8, 4) is 0 Å². The number of carboxylic acids is 2. The number of amides is 2. The molecule has 2 fully saturated rings. The number of aromatic carboxylic acids is 2. The number of pyridine rings is 4. The Balaban J connectivity index is 0.000000202. The van der Waals surface area contributed by atoms with Crippen LogP contribution in [0.1, 0.15) is 184 Å². The Hall–Kier alpha value is -7.98. The Morgan fingerprint density at radius 2 is 0.869 bits per heavy atom. The van der Waals surface area contributed by atoms with E-state index in [9.17, 15) is 46.2 Å². The summed E-state index contributed by atoms with van der Waals surface area (Å²) in [6.45, 7) is 22.1. The minimum absolute atomic E-state index is 0.187. The zero-order valence-corrected chi connectivity index (χ0v) is 50.7. The van der Waals surface area contributed by atoms with Crippen molar-refractivity contribution in [2.75, 3.05) is 33.5 Å². The summed E-state index contributed by atoms with van der Waals surface area (Å²) in [7, 11) is -8.62. The summed E-state index contributed by atoms with van der Waals surface area (Å²) < 4.78 is 57.9. The number of aromatic nitrogens is 4. The predicted molar refractivity (Wildman–Crippen MR) is 321 cm³/mol. The van der Waals surface area contributed by atoms with Gasteiger partial charge in [-0.3, -0.25) is 9.59 Å². The first-order valence-electron chi connectivity index (χ1n) is 28.1. The van der Waals surface area contributed by atoms with Crippen molar-refractivity contribution in [3.05, 3.63) is 154 Å². The Kier molecular flexibility index (Phi) is 16.5. The molecule has 10 rings (SSSR count). The van der Waals surface area contributed by atoms with E-state index in [1.165, 1.54) is 12.1 Å². The van der Waals surface area contributed by atoms with Gasteiger partial charge in [0, 0.05) is 46.4 Å². The highest BCUT2D eigenvalue weighted by atomic mass is 32.2. The van der Waals surface area contributed by atoms with E-state index in [1.807, 2.05) is 41.5 Å². The maximum Gasteiger partial charge on any atom is 0.335 e. The van der Waals surface area contributed by atoms with Gasteiger partial charge in [0.1, 0.15) is 23.3 Å². The largest absolute Gasteiger partial charge is 0.478 e. The molecule has 4 atom stereocenters. The summed E-state index contributed by atoms with van der Waals surface area (Å²) in [6, 6.07) is 28.9. The molecule has 0 spiro atoms. The molecule has 8 bridgehead atoms. The van der Waals surface area contributed by atoms with Gasteiger partial charge < -0.3 is 30.6 Å². The summed E-state index contributed by atoms with van der Waals surface area (Å²) in [5.74, 6) is -1.39. The van der Waals surface area contributed by atoms with Crippen LogP contribution in [0.4, 0.5) is 23.3 Å². The van der Waals surface area contributed by atoms with Crippen molar-refractivity contribution in [1.29, 1.82) is 0 Å². The number of hydrogen-bond donors (Lipinski definition) is 6. The van der Waals surface area contributed by atoms with Crippen LogP contribution >= 0.6 is 0 Å². The highest BCUT2D eigenvalue weighted by Gasteiger charge is 2.43. The minimum atomic E-state index is -4.31. The van der Waals surface area contributed by atoms with E-state index in [0.29, 0.717) is 49.2 Å². The molecule has 2 aromatic carbocycles. The summed E-state index contributed by atoms with van der Waals surface area (Å²) in [5.41, 5.74) is 2.87. The smallest absolute Gasteiger partial charge is 0.335 e. The molecule has 22 heteroatoms. The number of nitrogens with zero attached hydrogens (tertiary/aromatic N) is 6. The van der Waals surface area contributed by atoms with Crippen LogP contribution in [-0.2, 0) is 30.9 Å². The van der Waals surface area contributed by atoms with Crippen LogP contribution in [0.3, 0.4) is 0 Å². The zero-order valence-electron chi connectivity index (χ0n) is 49.0. The third-order valence-electron chi connectivity index (χ3n) is 16.2. The van der Waals surface area contributed by atoms with Crippen LogP contribution in [0.2, 0.25) is 0 Å². The van der Waals surface area contributed by atoms with E-state index < -0.39 is 43.8 Å². The predicted octanol–water partition coefficient (Wildman–Crippen LogP) is 10.3. The lowest BCUT2D eigenvalue weighted by Crippen LogP contribution is -2.41. The fourth-order valence-corrected chi connectivity index (χ4v) is 13.5. The molecule has 444 valence electrons. The molecule has 0 saturated carbocycles. The number of anilines is 4. The highest BCUT2D eigenvalue weighted by molar-refractivity contribution is 7.90. The topological polar surface area (TPSA) is 283 Å². The maximum atomic E-state index is 13.6. The second-order valence-corrected chi connectivity index (χ2v) is 28.9. The van der Waals surface area contributed by atoms with Gasteiger partial charge in [-0.05, 0) is 162 Å². The molecule has 8 heterocycles. The molecule has 2 saturated heterocycles. The Morgan fingerprint density at radius 1 is 0.512 bits per heavy atom. The van der Waals surface area contributed by atoms with Gasteiger partial charge in [0.2, 0.25) is 0 Å². The third kappa shape index (κ3) is 13.3. The molecule has 6 N–H and O–H groups in total. The molecular weight excluding hydrogens is 1110 g/mol. The van der Waals surface area contributed by atoms with Crippen LogP contribution in [0.5, 0.6) is 0 Å². The number of nitrogens with one attached hydrogen (secondary N) is 4. The minimum Gasteiger partial charge on any atom is -0.478 e. The van der Waals surface area contributed by atoms with Gasteiger partial charge in [-0.25, -0.2) is 39.0 Å². The number of rotatable bonds is 4. The number of carbonyl (C=O) groups is 4. The van der Waals surface area contributed by atoms with Crippen molar-refractivity contribution >= 4 is 67.1 Å². The summed E-state index contributed by atoms with van der Waals surface area (Å²) in [5, 5.41) is 24.8. The van der Waals surface area contributed by atoms with E-state index in [2.05, 4.69) is 67.5 Å². The van der Waals surface area contributed by atoms with Gasteiger partial charge in [0.05, 0.1) is 34.3 Å². The number of hydrogen-bond acceptors (Lipinski definition) is 16. The normalized spacial score (nSPS) is 21.7. The second-order valence-electron chi connectivity index (χ2n) is 25.6. The molecule has 0 radical (unpaired) electrons. The average molecular weight is 1180 g/mol. The Bertz CT molecular complexity index is 3500. The quantitative estimate of drug-likeness (QED) is 0.0957. The number of carboxylic acid groups (broad SMARTS) is 2. The Labute approximate surface area is 491 Å². The van der Waals surface area contributed by atoms with Gasteiger partial charge in [0.25, 0.3) is 31.9 Å². The lowest BCUT2D eigenvalue weighted by Gasteiger charge is -2.34. The first kappa shape index (κ1) is 60.6. The number of fused-ring (bicyclic) bond motifs is 12. The van der Waals surface area contributed by atoms with Crippen molar-refractivity contribution < 1.29 is 46.2 Å². The zero-order chi connectivity index (χ0) is 60.9. The van der Waals surface area contributed by atoms with E-state index in [0.717, 1.165) is 48.2 Å². The van der Waals surface area contributed by atoms with Crippen LogP contribution in [0.25, 0.3) is 0 Å². The molecule has 84 heavy (non-hydrogen) atoms. The van der Waals surface area contributed by atoms with Gasteiger partial charge in [-0.1, -0.05) is 77.9 Å². The average Bonchev–Trinajstić information content (AvgIpc) is 3.34. The van der Waals surface area contributed by atoms with Crippen LogP contribution < -0.4 is 29.9 Å². The molecule has 4 aliphatic rings. The first-order valence-corrected chi connectivity index (χ1v) is 31.1. The first-order chi connectivity index (χ1) is 39.3. The summed E-state index contributed by atoms with van der Waals surface area (Å²) in [6.07, 6.45) is 4.75. The van der Waals surface area contributed by atoms with E-state index in [-0.39, 0.29) is 78.1 Å². The highest BCUT2D eigenvalue weighted by Crippen LogP contribution is 2.44. The maximum absolute atomic E-state index is 13.6. The number of sulfonamides is 2. The Morgan fingerprint density at radius 3 is 1.20 bits per heavy atom. The van der Waals surface area contributed by atoms with E-state index in [1.54, 1.807) is 97.1 Å². The second kappa shape index (κ2) is 22.9. The molecule has 20 nitrogen and oxygen atoms in total. The van der Waals surface area contributed by atoms with Gasteiger partial charge in [-0.15, -0.1) is 0 Å². The summed E-state index contributed by atoms with van der Waals surface area (Å²) >= 11 is 0. The lowest BCUT2D eigenvalue weighted by atomic mass is 9.90. The number of benzene rings is 2. The fraction of sp³-hybridized carbons (Fsp3) is 0.419. The lowest BCUT2D eigenvalue weighted by molar-refractivity contribution is 0.0686. The number of carbonyl (C=O) groups excluding carboxylic acids is 2. The molecule has 2 unspecified atom stereocenters. The fourth-order valence-electron chi connectivity index (χ4n) is 11.7. The molecule has 6 aromatic rings. The standard InChI is InChI=1S/2C31H37N5O5S/c2*1-30(2,3)24-16-14-22-27(33-24)36-18-19(17-31(36,4)5)9-15-23(20-10-12-21(13-11-20)29(38)39)32-25-7-6-8-26(34-25)42(40,41)35-28(22)37/h2*6-8,10-14,16,19,23H,9,15,17-18H2,1-5H3,(H,32,34)(H,35,37)(H,38,39)/t2*19-,23?/m00/s1. The molecule has 2 amide bonds. The summed E-state index contributed by atoms with van der Waals surface area (Å²) in [4.78, 5) is 72.8. The SMILES string of the molecule is CC(C)(C)c1ccc2c(n1)N1C[C@@H](CCC(c3ccc(C(=O)O)cc3)Nc3cccc(n3)S(=O)(=O)NC2=O)CC1(C)C.CC(C)(C)c1ccc2c(n1)N1C[C@@H](CCC(c3ccc(C(=O)O)cc3)Nc3cccc(n3)S(=O)(=O)NC2=O)CC1(C)C. The van der Waals surface area contributed by atoms with Crippen LogP contribution in [0.15, 0.2) is 119 Å². The molecule has 4 aliphatic heterocycles. The van der Waals surface area contributed by atoms with Crippen molar-refractivity contribution in [3.63, 3.8) is 0 Å².